The Balaban J connectivity index is 2.68. The predicted octanol–water partition coefficient (Wildman–Crippen LogP) is 3.23. The van der Waals surface area contributed by atoms with Crippen molar-refractivity contribution in [1.82, 2.24) is 0 Å². The van der Waals surface area contributed by atoms with Gasteiger partial charge >= 0.3 is 0 Å². The molecule has 0 atom stereocenters. The van der Waals surface area contributed by atoms with E-state index in [0.29, 0.717) is 11.6 Å². The van der Waals surface area contributed by atoms with Gasteiger partial charge in [-0.15, -0.1) is 22.9 Å². The molecular weight excluding hydrogens is 218 g/mol. The molecule has 2 N–H and O–H groups in total. The molecule has 2 rings (SSSR count). The van der Waals surface area contributed by atoms with Crippen molar-refractivity contribution in [2.75, 3.05) is 12.8 Å². The quantitative estimate of drug-likeness (QED) is 0.632. The fourth-order valence-electron chi connectivity index (χ4n) is 1.41. The lowest BCUT2D eigenvalue weighted by Gasteiger charge is -2.03. The molecule has 14 heavy (non-hydrogen) atoms. The molecule has 0 fully saturated rings. The number of hydrogen-bond donors (Lipinski definition) is 1. The molecule has 4 heteroatoms. The maximum absolute atomic E-state index is 5.94. The first-order valence-corrected chi connectivity index (χ1v) is 5.52. The molecule has 0 saturated heterocycles. The Hall–Kier alpha value is -0.930. The van der Waals surface area contributed by atoms with E-state index >= 15 is 0 Å². The summed E-state index contributed by atoms with van der Waals surface area (Å²) in [5, 5.41) is 1.03. The van der Waals surface area contributed by atoms with Gasteiger partial charge in [0.25, 0.3) is 0 Å². The highest BCUT2D eigenvalue weighted by Crippen LogP contribution is 2.36. The molecule has 2 aromatic rings. The second kappa shape index (κ2) is 3.67. The van der Waals surface area contributed by atoms with Crippen molar-refractivity contribution in [3.8, 4) is 5.75 Å². The highest BCUT2D eigenvalue weighted by Gasteiger charge is 2.07. The monoisotopic (exact) mass is 227 g/mol. The third-order valence-corrected chi connectivity index (χ3v) is 3.65. The van der Waals surface area contributed by atoms with Crippen LogP contribution < -0.4 is 10.5 Å². The van der Waals surface area contributed by atoms with E-state index in [4.69, 9.17) is 22.1 Å². The fraction of sp³-hybridized carbons (Fsp3) is 0.200. The molecule has 74 valence electrons. The third kappa shape index (κ3) is 1.42. The summed E-state index contributed by atoms with van der Waals surface area (Å²) in [4.78, 5) is 1.13. The number of anilines is 1. The molecule has 0 radical (unpaired) electrons. The Morgan fingerprint density at radius 1 is 1.50 bits per heavy atom. The van der Waals surface area contributed by atoms with Gasteiger partial charge in [-0.3, -0.25) is 0 Å². The van der Waals surface area contributed by atoms with E-state index < -0.39 is 0 Å². The number of nitrogen functional groups attached to an aromatic ring is 1. The van der Waals surface area contributed by atoms with E-state index in [2.05, 4.69) is 0 Å². The van der Waals surface area contributed by atoms with Crippen molar-refractivity contribution in [3.05, 3.63) is 23.1 Å². The van der Waals surface area contributed by atoms with E-state index in [1.165, 1.54) is 0 Å². The molecule has 1 aromatic carbocycles. The van der Waals surface area contributed by atoms with Crippen molar-refractivity contribution < 1.29 is 4.74 Å². The summed E-state index contributed by atoms with van der Waals surface area (Å²) in [6.45, 7) is 0. The predicted molar refractivity (Wildman–Crippen MR) is 62.3 cm³/mol. The average molecular weight is 228 g/mol. The largest absolute Gasteiger partial charge is 0.495 e. The summed E-state index contributed by atoms with van der Waals surface area (Å²) in [6, 6.07) is 5.91. The molecule has 2 nitrogen and oxygen atoms in total. The lowest BCUT2D eigenvalue weighted by atomic mass is 10.2. The molecule has 0 amide bonds. The highest BCUT2D eigenvalue weighted by atomic mass is 35.5. The molecule has 0 aliphatic heterocycles. The maximum atomic E-state index is 5.94. The number of benzene rings is 1. The summed E-state index contributed by atoms with van der Waals surface area (Å²) in [5.74, 6) is 1.25. The fourth-order valence-corrected chi connectivity index (χ4v) is 2.58. The Bertz CT molecular complexity index is 466. The van der Waals surface area contributed by atoms with Gasteiger partial charge in [0.05, 0.1) is 18.7 Å². The van der Waals surface area contributed by atoms with E-state index in [9.17, 15) is 0 Å². The van der Waals surface area contributed by atoms with Crippen molar-refractivity contribution in [1.29, 1.82) is 0 Å². The van der Waals surface area contributed by atoms with Crippen LogP contribution in [0.2, 0.25) is 0 Å². The Kier molecular flexibility index (Phi) is 2.52. The summed E-state index contributed by atoms with van der Waals surface area (Å²) < 4.78 is 6.29. The van der Waals surface area contributed by atoms with E-state index in [1.807, 2.05) is 18.2 Å². The minimum Gasteiger partial charge on any atom is -0.495 e. The lowest BCUT2D eigenvalue weighted by molar-refractivity contribution is 0.417. The third-order valence-electron chi connectivity index (χ3n) is 2.11. The van der Waals surface area contributed by atoms with Gasteiger partial charge in [0.15, 0.2) is 0 Å². The molecule has 0 bridgehead atoms. The smallest absolute Gasteiger partial charge is 0.142 e. The summed E-state index contributed by atoms with van der Waals surface area (Å²) in [6.07, 6.45) is 0. The molecule has 0 unspecified atom stereocenters. The van der Waals surface area contributed by atoms with Crippen LogP contribution in [0.4, 0.5) is 5.69 Å². The van der Waals surface area contributed by atoms with Gasteiger partial charge in [0, 0.05) is 15.0 Å². The minimum atomic E-state index is 0.529. The Morgan fingerprint density at radius 2 is 2.29 bits per heavy atom. The molecule has 0 aliphatic carbocycles. The number of hydrogen-bond acceptors (Lipinski definition) is 3. The van der Waals surface area contributed by atoms with Crippen LogP contribution in [0.3, 0.4) is 0 Å². The van der Waals surface area contributed by atoms with Crippen molar-refractivity contribution in [3.63, 3.8) is 0 Å². The first-order chi connectivity index (χ1) is 6.76. The van der Waals surface area contributed by atoms with Gasteiger partial charge in [-0.05, 0) is 18.2 Å². The second-order valence-electron chi connectivity index (χ2n) is 2.94. The summed E-state index contributed by atoms with van der Waals surface area (Å²) in [5.41, 5.74) is 6.63. The number of methoxy groups -OCH3 is 1. The molecule has 1 aromatic heterocycles. The van der Waals surface area contributed by atoms with Crippen LogP contribution in [0.15, 0.2) is 18.2 Å². The number of alkyl halides is 1. The minimum absolute atomic E-state index is 0.529. The lowest BCUT2D eigenvalue weighted by Crippen LogP contribution is -1.91. The van der Waals surface area contributed by atoms with Crippen molar-refractivity contribution in [2.24, 2.45) is 0 Å². The van der Waals surface area contributed by atoms with Crippen LogP contribution in [0.5, 0.6) is 5.75 Å². The number of ether oxygens (including phenoxy) is 1. The summed E-state index contributed by atoms with van der Waals surface area (Å²) in [7, 11) is 1.62. The van der Waals surface area contributed by atoms with Crippen molar-refractivity contribution in [2.45, 2.75) is 5.88 Å². The second-order valence-corrected chi connectivity index (χ2v) is 4.38. The number of halogens is 1. The maximum Gasteiger partial charge on any atom is 0.142 e. The van der Waals surface area contributed by atoms with Crippen LogP contribution in [0.1, 0.15) is 4.88 Å². The van der Waals surface area contributed by atoms with Gasteiger partial charge in [-0.2, -0.15) is 0 Å². The standard InChI is InChI=1S/C10H10ClNOS/c1-13-8-2-3-9-7(10(8)12)4-6(5-11)14-9/h2-4H,5,12H2,1H3. The molecule has 0 saturated carbocycles. The Morgan fingerprint density at radius 3 is 2.93 bits per heavy atom. The normalized spacial score (nSPS) is 10.7. The number of nitrogens with two attached hydrogens (primary N) is 1. The van der Waals surface area contributed by atoms with Gasteiger partial charge < -0.3 is 10.5 Å². The average Bonchev–Trinajstić information content (AvgIpc) is 2.62. The Labute approximate surface area is 91.2 Å². The van der Waals surface area contributed by atoms with Crippen LogP contribution >= 0.6 is 22.9 Å². The van der Waals surface area contributed by atoms with Gasteiger partial charge in [-0.1, -0.05) is 0 Å². The SMILES string of the molecule is COc1ccc2sc(CCl)cc2c1N. The molecular formula is C10H10ClNOS. The van der Waals surface area contributed by atoms with Crippen LogP contribution in [-0.4, -0.2) is 7.11 Å². The van der Waals surface area contributed by atoms with E-state index in [-0.39, 0.29) is 0 Å². The molecule has 1 heterocycles. The van der Waals surface area contributed by atoms with Crippen LogP contribution in [0, 0.1) is 0 Å². The molecule has 0 aliphatic rings. The van der Waals surface area contributed by atoms with Crippen LogP contribution in [0.25, 0.3) is 10.1 Å². The molecule has 0 spiro atoms. The highest BCUT2D eigenvalue weighted by molar-refractivity contribution is 7.19. The van der Waals surface area contributed by atoms with Crippen LogP contribution in [-0.2, 0) is 5.88 Å². The number of thiophene rings is 1. The van der Waals surface area contributed by atoms with Gasteiger partial charge in [-0.25, -0.2) is 0 Å². The van der Waals surface area contributed by atoms with E-state index in [0.717, 1.165) is 20.7 Å². The van der Waals surface area contributed by atoms with E-state index in [1.54, 1.807) is 18.4 Å². The zero-order chi connectivity index (χ0) is 10.1. The first kappa shape index (κ1) is 9.62. The zero-order valence-corrected chi connectivity index (χ0v) is 9.28. The van der Waals surface area contributed by atoms with Gasteiger partial charge in [0.2, 0.25) is 0 Å². The summed E-state index contributed by atoms with van der Waals surface area (Å²) >= 11 is 7.43. The zero-order valence-electron chi connectivity index (χ0n) is 7.71. The number of rotatable bonds is 2. The van der Waals surface area contributed by atoms with Crippen molar-refractivity contribution >= 4 is 38.7 Å². The topological polar surface area (TPSA) is 35.2 Å². The van der Waals surface area contributed by atoms with Gasteiger partial charge in [0.1, 0.15) is 5.75 Å². The first-order valence-electron chi connectivity index (χ1n) is 4.17. The number of fused-ring (bicyclic) bond motifs is 1.